The molecule has 0 amide bonds. The summed E-state index contributed by atoms with van der Waals surface area (Å²) in [7, 11) is 0. The molecule has 1 aromatic heterocycles. The van der Waals surface area contributed by atoms with Crippen LogP contribution in [0.1, 0.15) is 29.2 Å². The van der Waals surface area contributed by atoms with Crippen LogP contribution in [0, 0.1) is 37.7 Å². The van der Waals surface area contributed by atoms with Crippen LogP contribution < -0.4 is 0 Å². The molecule has 2 heterocycles. The molecule has 1 aliphatic heterocycles. The number of carboxylic acids is 1. The van der Waals surface area contributed by atoms with Crippen molar-refractivity contribution in [2.75, 3.05) is 19.7 Å². The number of aliphatic hydroxyl groups is 1. The first-order valence-electron chi connectivity index (χ1n) is 6.85. The predicted octanol–water partition coefficient (Wildman–Crippen LogP) is 2.10. The Kier molecular flexibility index (Phi) is 9.07. The number of halogens is 1. The molecule has 2 N–H and O–H groups in total. The molecule has 2 atom stereocenters. The second kappa shape index (κ2) is 9.97. The van der Waals surface area contributed by atoms with Gasteiger partial charge in [0.25, 0.3) is 0 Å². The monoisotopic (exact) mass is 554 g/mol. The van der Waals surface area contributed by atoms with Gasteiger partial charge >= 0.3 is 5.97 Å². The minimum atomic E-state index is -1.09. The molecule has 22 heavy (non-hydrogen) atoms. The van der Waals surface area contributed by atoms with Gasteiger partial charge in [-0.2, -0.15) is 0 Å². The summed E-state index contributed by atoms with van der Waals surface area (Å²) in [6, 6.07) is 3.10. The molecule has 0 aliphatic carbocycles. The fraction of sp³-hybridized carbons (Fsp3) is 0.571. The third-order valence-electron chi connectivity index (χ3n) is 3.53. The number of nitrogens with zero attached hydrogens (tertiary/aromatic N) is 1. The Labute approximate surface area is 158 Å². The van der Waals surface area contributed by atoms with Crippen LogP contribution in [0.15, 0.2) is 16.5 Å². The molecule has 0 spiro atoms. The average Bonchev–Trinajstić information content (AvgIpc) is 3.05. The largest absolute Gasteiger partial charge is 0.566 e. The SMILES string of the molecule is O=C(O)c1ccc(COC[C@H]2[C@H](Cl)CCN2CC[CH-]O)o1.[U]. The second-order valence-corrected chi connectivity index (χ2v) is 5.53. The number of carboxylic acid groups (broad SMARTS) is 1. The third-order valence-corrected chi connectivity index (χ3v) is 4.04. The summed E-state index contributed by atoms with van der Waals surface area (Å²) in [4.78, 5) is 12.9. The number of hydrogen-bond donors (Lipinski definition) is 2. The first-order valence-corrected chi connectivity index (χ1v) is 7.29. The van der Waals surface area contributed by atoms with E-state index in [1.807, 2.05) is 0 Å². The number of hydrogen-bond acceptors (Lipinski definition) is 5. The van der Waals surface area contributed by atoms with Gasteiger partial charge < -0.3 is 19.4 Å². The van der Waals surface area contributed by atoms with E-state index in [4.69, 9.17) is 31.0 Å². The van der Waals surface area contributed by atoms with E-state index in [0.29, 0.717) is 18.8 Å². The van der Waals surface area contributed by atoms with Crippen molar-refractivity contribution in [2.24, 2.45) is 0 Å². The van der Waals surface area contributed by atoms with Gasteiger partial charge in [0, 0.05) is 37.2 Å². The van der Waals surface area contributed by atoms with Crippen molar-refractivity contribution in [3.8, 4) is 0 Å². The first-order chi connectivity index (χ1) is 10.1. The van der Waals surface area contributed by atoms with Crippen LogP contribution in [-0.4, -0.2) is 52.2 Å². The molecule has 2 rings (SSSR count). The summed E-state index contributed by atoms with van der Waals surface area (Å²) in [6.07, 6.45) is 1.49. The van der Waals surface area contributed by atoms with E-state index in [1.165, 1.54) is 6.07 Å². The number of ether oxygens (including phenoxy) is 1. The van der Waals surface area contributed by atoms with Crippen LogP contribution in [0.2, 0.25) is 0 Å². The first kappa shape index (κ1) is 20.0. The Morgan fingerprint density at radius 3 is 2.95 bits per heavy atom. The molecule has 1 aliphatic rings. The molecule has 0 radical (unpaired) electrons. The van der Waals surface area contributed by atoms with Crippen LogP contribution >= 0.6 is 11.6 Å². The molecule has 0 saturated carbocycles. The minimum absolute atomic E-state index is 0. The molecule has 1 fully saturated rings. The van der Waals surface area contributed by atoms with Crippen LogP contribution in [0.5, 0.6) is 0 Å². The number of carbonyl (C=O) groups is 1. The fourth-order valence-electron chi connectivity index (χ4n) is 2.44. The fourth-order valence-corrected chi connectivity index (χ4v) is 2.77. The smallest absolute Gasteiger partial charge is 0.371 e. The molecular formula is C14H19ClNO5U-. The van der Waals surface area contributed by atoms with Gasteiger partial charge in [-0.25, -0.2) is 11.4 Å². The van der Waals surface area contributed by atoms with Crippen LogP contribution in [-0.2, 0) is 11.3 Å². The van der Waals surface area contributed by atoms with E-state index < -0.39 is 5.97 Å². The van der Waals surface area contributed by atoms with Gasteiger partial charge in [-0.15, -0.1) is 18.0 Å². The summed E-state index contributed by atoms with van der Waals surface area (Å²) in [5.74, 6) is -0.708. The third kappa shape index (κ3) is 5.56. The Hall–Kier alpha value is -0.0281. The quantitative estimate of drug-likeness (QED) is 0.378. The van der Waals surface area contributed by atoms with Crippen molar-refractivity contribution < 1.29 is 55.3 Å². The Morgan fingerprint density at radius 2 is 2.32 bits per heavy atom. The van der Waals surface area contributed by atoms with Crippen LogP contribution in [0.3, 0.4) is 0 Å². The summed E-state index contributed by atoms with van der Waals surface area (Å²) in [5.41, 5.74) is 0. The molecule has 122 valence electrons. The van der Waals surface area contributed by atoms with Crippen molar-refractivity contribution in [3.05, 3.63) is 30.3 Å². The van der Waals surface area contributed by atoms with Gasteiger partial charge in [0.2, 0.25) is 5.76 Å². The molecule has 0 unspecified atom stereocenters. The molecule has 8 heteroatoms. The number of aliphatic hydroxyl groups excluding tert-OH is 1. The summed E-state index contributed by atoms with van der Waals surface area (Å²) >= 11 is 6.28. The van der Waals surface area contributed by atoms with Crippen molar-refractivity contribution in [1.82, 2.24) is 4.90 Å². The molecular weight excluding hydrogens is 536 g/mol. The van der Waals surface area contributed by atoms with E-state index in [0.717, 1.165) is 26.1 Å². The Bertz CT molecular complexity index is 470. The van der Waals surface area contributed by atoms with Crippen molar-refractivity contribution >= 4 is 17.6 Å². The van der Waals surface area contributed by atoms with Crippen LogP contribution in [0.4, 0.5) is 0 Å². The predicted molar refractivity (Wildman–Crippen MR) is 75.8 cm³/mol. The van der Waals surface area contributed by atoms with Gasteiger partial charge in [0.05, 0.1) is 12.0 Å². The number of aromatic carboxylic acids is 1. The number of likely N-dealkylation sites (tertiary alicyclic amines) is 1. The van der Waals surface area contributed by atoms with E-state index >= 15 is 0 Å². The molecule has 0 aromatic carbocycles. The number of rotatable bonds is 8. The van der Waals surface area contributed by atoms with Gasteiger partial charge in [-0.3, -0.25) is 4.90 Å². The van der Waals surface area contributed by atoms with Gasteiger partial charge in [0.1, 0.15) is 12.4 Å². The Morgan fingerprint density at radius 1 is 1.55 bits per heavy atom. The molecule has 6 nitrogen and oxygen atoms in total. The maximum absolute atomic E-state index is 10.7. The number of furan rings is 1. The zero-order valence-electron chi connectivity index (χ0n) is 12.1. The maximum atomic E-state index is 10.7. The molecule has 1 aromatic rings. The second-order valence-electron chi connectivity index (χ2n) is 4.97. The average molecular weight is 555 g/mol. The van der Waals surface area contributed by atoms with Crippen LogP contribution in [0.25, 0.3) is 0 Å². The maximum Gasteiger partial charge on any atom is 0.371 e. The summed E-state index contributed by atoms with van der Waals surface area (Å²) in [6.45, 7) is 3.45. The van der Waals surface area contributed by atoms with E-state index in [-0.39, 0.29) is 54.9 Å². The van der Waals surface area contributed by atoms with Crippen molar-refractivity contribution in [1.29, 1.82) is 0 Å². The van der Waals surface area contributed by atoms with E-state index in [2.05, 4.69) is 4.90 Å². The molecule has 1 saturated heterocycles. The van der Waals surface area contributed by atoms with Crippen molar-refractivity contribution in [2.45, 2.75) is 30.9 Å². The van der Waals surface area contributed by atoms with Gasteiger partial charge in [0.15, 0.2) is 0 Å². The summed E-state index contributed by atoms with van der Waals surface area (Å²) in [5, 5.41) is 17.6. The molecule has 0 bridgehead atoms. The standard InChI is InChI=1S/C14H19ClNO5.U/c15-11-4-6-16(5-1-7-17)12(11)9-20-8-10-2-3-13(21-10)14(18)19;/h2-3,7,11-12,17H,1,4-6,8-9H2,(H,18,19);/q-1;/t11-,12+;/m1./s1. The van der Waals surface area contributed by atoms with Crippen molar-refractivity contribution in [3.63, 3.8) is 0 Å². The van der Waals surface area contributed by atoms with Gasteiger partial charge in [-0.05, 0) is 31.6 Å². The number of alkyl halides is 1. The van der Waals surface area contributed by atoms with Gasteiger partial charge in [-0.1, -0.05) is 0 Å². The zero-order valence-corrected chi connectivity index (χ0v) is 17.0. The minimum Gasteiger partial charge on any atom is -0.566 e. The Balaban J connectivity index is 0.00000242. The summed E-state index contributed by atoms with van der Waals surface area (Å²) < 4.78 is 10.7. The topological polar surface area (TPSA) is 83.1 Å². The zero-order chi connectivity index (χ0) is 15.2. The van der Waals surface area contributed by atoms with E-state index in [1.54, 1.807) is 6.07 Å². The normalized spacial score (nSPS) is 21.7. The van der Waals surface area contributed by atoms with E-state index in [9.17, 15) is 4.79 Å².